The molecule has 14 heavy (non-hydrogen) atoms. The first-order valence-corrected chi connectivity index (χ1v) is 4.85. The Morgan fingerprint density at radius 2 is 2.29 bits per heavy atom. The molecular formula is C8H11Cl2N3O. The summed E-state index contributed by atoms with van der Waals surface area (Å²) in [7, 11) is 1.72. The molecule has 0 aliphatic rings. The van der Waals surface area contributed by atoms with E-state index in [0.717, 1.165) is 0 Å². The van der Waals surface area contributed by atoms with Gasteiger partial charge in [0.2, 0.25) is 0 Å². The van der Waals surface area contributed by atoms with Crippen molar-refractivity contribution in [3.63, 3.8) is 0 Å². The molecule has 1 heterocycles. The van der Waals surface area contributed by atoms with E-state index in [1.54, 1.807) is 7.05 Å². The second-order valence-electron chi connectivity index (χ2n) is 3.01. The molecule has 0 atom stereocenters. The predicted octanol–water partition coefficient (Wildman–Crippen LogP) is 2.40. The maximum absolute atomic E-state index is 5.90. The molecule has 6 heteroatoms. The molecule has 78 valence electrons. The zero-order valence-electron chi connectivity index (χ0n) is 8.16. The Hall–Kier alpha value is -0.740. The largest absolute Gasteiger partial charge is 0.392 e. The minimum atomic E-state index is -0.0146. The average Bonchev–Trinajstić information content (AvgIpc) is 2.44. The smallest absolute Gasteiger partial charge is 0.180 e. The fraction of sp³-hybridized carbons (Fsp3) is 0.500. The number of aromatic nitrogens is 2. The van der Waals surface area contributed by atoms with Gasteiger partial charge in [0.15, 0.2) is 5.17 Å². The Morgan fingerprint density at radius 1 is 1.64 bits per heavy atom. The van der Waals surface area contributed by atoms with Crippen LogP contribution in [0, 0.1) is 0 Å². The molecule has 1 rings (SSSR count). The summed E-state index contributed by atoms with van der Waals surface area (Å²) in [6.45, 7) is 3.72. The van der Waals surface area contributed by atoms with E-state index in [-0.39, 0.29) is 11.3 Å². The van der Waals surface area contributed by atoms with Crippen LogP contribution in [-0.4, -0.2) is 21.1 Å². The van der Waals surface area contributed by atoms with Crippen molar-refractivity contribution in [1.29, 1.82) is 0 Å². The van der Waals surface area contributed by atoms with Gasteiger partial charge in [-0.05, 0) is 13.8 Å². The molecule has 1 aromatic heterocycles. The van der Waals surface area contributed by atoms with Gasteiger partial charge in [0, 0.05) is 7.05 Å². The van der Waals surface area contributed by atoms with Crippen molar-refractivity contribution >= 4 is 28.4 Å². The molecule has 0 aromatic carbocycles. The van der Waals surface area contributed by atoms with E-state index in [4.69, 9.17) is 28.0 Å². The fourth-order valence-electron chi connectivity index (χ4n) is 0.762. The highest BCUT2D eigenvalue weighted by Crippen LogP contribution is 2.17. The lowest BCUT2D eigenvalue weighted by atomic mass is 10.4. The summed E-state index contributed by atoms with van der Waals surface area (Å²) in [5.74, 6) is 0. The van der Waals surface area contributed by atoms with E-state index >= 15 is 0 Å². The summed E-state index contributed by atoms with van der Waals surface area (Å²) < 4.78 is 1.50. The first-order chi connectivity index (χ1) is 6.52. The summed E-state index contributed by atoms with van der Waals surface area (Å²) in [6.07, 6.45) is 1.52. The highest BCUT2D eigenvalue weighted by molar-refractivity contribution is 6.70. The third-order valence-electron chi connectivity index (χ3n) is 1.43. The third kappa shape index (κ3) is 2.62. The summed E-state index contributed by atoms with van der Waals surface area (Å²) in [5.41, 5.74) is 0.566. The van der Waals surface area contributed by atoms with Gasteiger partial charge < -0.3 is 4.84 Å². The molecule has 0 saturated heterocycles. The fourth-order valence-corrected chi connectivity index (χ4v) is 1.17. The molecule has 0 amide bonds. The van der Waals surface area contributed by atoms with Crippen LogP contribution in [-0.2, 0) is 11.9 Å². The van der Waals surface area contributed by atoms with Gasteiger partial charge in [0.05, 0.1) is 11.8 Å². The van der Waals surface area contributed by atoms with Crippen molar-refractivity contribution in [3.8, 4) is 0 Å². The molecule has 0 radical (unpaired) electrons. The first-order valence-electron chi connectivity index (χ1n) is 4.09. The van der Waals surface area contributed by atoms with E-state index in [1.165, 1.54) is 10.9 Å². The minimum absolute atomic E-state index is 0.0146. The monoisotopic (exact) mass is 235 g/mol. The summed E-state index contributed by atoms with van der Waals surface area (Å²) >= 11 is 11.8. The van der Waals surface area contributed by atoms with Gasteiger partial charge in [-0.3, -0.25) is 4.68 Å². The highest BCUT2D eigenvalue weighted by atomic mass is 35.5. The molecule has 4 nitrogen and oxygen atoms in total. The second-order valence-corrected chi connectivity index (χ2v) is 3.72. The van der Waals surface area contributed by atoms with Crippen LogP contribution in [0.2, 0.25) is 5.15 Å². The minimum Gasteiger partial charge on any atom is -0.392 e. The SMILES string of the molecule is CC(C)ON=C(Cl)c1cnn(C)c1Cl. The van der Waals surface area contributed by atoms with Crippen LogP contribution in [0.15, 0.2) is 11.4 Å². The van der Waals surface area contributed by atoms with E-state index in [0.29, 0.717) is 10.7 Å². The maximum atomic E-state index is 5.90. The van der Waals surface area contributed by atoms with E-state index in [9.17, 15) is 0 Å². The maximum Gasteiger partial charge on any atom is 0.180 e. The zero-order chi connectivity index (χ0) is 10.7. The molecule has 0 aliphatic carbocycles. The Morgan fingerprint density at radius 3 is 2.71 bits per heavy atom. The third-order valence-corrected chi connectivity index (χ3v) is 2.15. The van der Waals surface area contributed by atoms with Gasteiger partial charge in [0.25, 0.3) is 0 Å². The van der Waals surface area contributed by atoms with E-state index in [2.05, 4.69) is 10.3 Å². The van der Waals surface area contributed by atoms with Crippen LogP contribution >= 0.6 is 23.2 Å². The van der Waals surface area contributed by atoms with Crippen LogP contribution < -0.4 is 0 Å². The number of hydrogen-bond donors (Lipinski definition) is 0. The lowest BCUT2D eigenvalue weighted by molar-refractivity contribution is 0.0868. The molecule has 0 fully saturated rings. The predicted molar refractivity (Wildman–Crippen MR) is 56.8 cm³/mol. The molecule has 0 aliphatic heterocycles. The molecule has 0 spiro atoms. The molecule has 1 aromatic rings. The van der Waals surface area contributed by atoms with Crippen LogP contribution in [0.4, 0.5) is 0 Å². The Labute approximate surface area is 92.4 Å². The van der Waals surface area contributed by atoms with Crippen molar-refractivity contribution < 1.29 is 4.84 Å². The molecular weight excluding hydrogens is 225 g/mol. The Balaban J connectivity index is 2.83. The van der Waals surface area contributed by atoms with Gasteiger partial charge in [-0.2, -0.15) is 5.10 Å². The number of halogens is 2. The lowest BCUT2D eigenvalue weighted by Gasteiger charge is -2.02. The lowest BCUT2D eigenvalue weighted by Crippen LogP contribution is -2.00. The number of aryl methyl sites for hydroxylation is 1. The number of nitrogens with zero attached hydrogens (tertiary/aromatic N) is 3. The first kappa shape index (κ1) is 11.3. The van der Waals surface area contributed by atoms with Gasteiger partial charge in [-0.15, -0.1) is 0 Å². The van der Waals surface area contributed by atoms with Crippen LogP contribution in [0.5, 0.6) is 0 Å². The van der Waals surface area contributed by atoms with Crippen LogP contribution in [0.1, 0.15) is 19.4 Å². The van der Waals surface area contributed by atoms with Crippen molar-refractivity contribution in [3.05, 3.63) is 16.9 Å². The van der Waals surface area contributed by atoms with Crippen molar-refractivity contribution in [2.45, 2.75) is 20.0 Å². The number of hydrogen-bond acceptors (Lipinski definition) is 3. The van der Waals surface area contributed by atoms with E-state index < -0.39 is 0 Å². The molecule has 0 N–H and O–H groups in total. The Bertz CT molecular complexity index is 346. The Kier molecular flexibility index (Phi) is 3.77. The van der Waals surface area contributed by atoms with Gasteiger partial charge in [-0.25, -0.2) is 0 Å². The molecule has 0 unspecified atom stereocenters. The average molecular weight is 236 g/mol. The van der Waals surface area contributed by atoms with Gasteiger partial charge >= 0.3 is 0 Å². The van der Waals surface area contributed by atoms with Crippen LogP contribution in [0.25, 0.3) is 0 Å². The summed E-state index contributed by atoms with van der Waals surface area (Å²) in [4.78, 5) is 4.98. The standard InChI is InChI=1S/C8H11Cl2N3O/c1-5(2)14-12-7(9)6-4-11-13(3)8(6)10/h4-5H,1-3H3. The van der Waals surface area contributed by atoms with Crippen LogP contribution in [0.3, 0.4) is 0 Å². The number of oxime groups is 1. The quantitative estimate of drug-likeness (QED) is 0.597. The highest BCUT2D eigenvalue weighted by Gasteiger charge is 2.11. The summed E-state index contributed by atoms with van der Waals surface area (Å²) in [5, 5.41) is 8.28. The van der Waals surface area contributed by atoms with Gasteiger partial charge in [0.1, 0.15) is 11.3 Å². The van der Waals surface area contributed by atoms with Gasteiger partial charge in [-0.1, -0.05) is 28.4 Å². The topological polar surface area (TPSA) is 39.4 Å². The second kappa shape index (κ2) is 4.66. The zero-order valence-corrected chi connectivity index (χ0v) is 9.67. The molecule has 0 bridgehead atoms. The number of rotatable bonds is 3. The van der Waals surface area contributed by atoms with E-state index in [1.807, 2.05) is 13.8 Å². The van der Waals surface area contributed by atoms with Crippen molar-refractivity contribution in [1.82, 2.24) is 9.78 Å². The van der Waals surface area contributed by atoms with Crippen molar-refractivity contribution in [2.75, 3.05) is 0 Å². The van der Waals surface area contributed by atoms with Crippen molar-refractivity contribution in [2.24, 2.45) is 12.2 Å². The normalized spacial score (nSPS) is 12.3. The molecule has 0 saturated carbocycles. The summed E-state index contributed by atoms with van der Waals surface area (Å²) in [6, 6.07) is 0.